The summed E-state index contributed by atoms with van der Waals surface area (Å²) in [5, 5.41) is 11.3. The van der Waals surface area contributed by atoms with E-state index in [4.69, 9.17) is 9.98 Å². The van der Waals surface area contributed by atoms with Crippen LogP contribution in [0.25, 0.3) is 79.0 Å². The quantitative estimate of drug-likeness (QED) is 0.186. The molecule has 268 valence electrons. The number of rotatable bonds is 5. The summed E-state index contributed by atoms with van der Waals surface area (Å²) in [6.45, 7) is 0. The van der Waals surface area contributed by atoms with Gasteiger partial charge in [0.05, 0.1) is 16.7 Å². The fraction of sp³-hybridized carbons (Fsp3) is 0.0196. The molecule has 0 spiro atoms. The molecule has 3 aromatic heterocycles. The first kappa shape index (κ1) is 32.4. The molecule has 0 radical (unpaired) electrons. The van der Waals surface area contributed by atoms with E-state index in [1.807, 2.05) is 46.9 Å². The molecule has 4 heterocycles. The molecule has 1 unspecified atom stereocenters. The van der Waals surface area contributed by atoms with Crippen molar-refractivity contribution in [3.05, 3.63) is 199 Å². The summed E-state index contributed by atoms with van der Waals surface area (Å²) >= 11 is 3.76. The Balaban J connectivity index is 1.04. The zero-order valence-corrected chi connectivity index (χ0v) is 32.2. The van der Waals surface area contributed by atoms with E-state index < -0.39 is 0 Å². The molecular formula is C51H32N4S2. The van der Waals surface area contributed by atoms with Gasteiger partial charge in [-0.1, -0.05) is 152 Å². The van der Waals surface area contributed by atoms with Crippen LogP contribution in [0.1, 0.15) is 22.9 Å². The van der Waals surface area contributed by atoms with Crippen LogP contribution in [0.15, 0.2) is 192 Å². The molecule has 0 bridgehead atoms. The minimum Gasteiger partial charge on any atom is -0.344 e. The molecule has 12 rings (SSSR count). The normalized spacial score (nSPS) is 14.5. The number of aromatic nitrogens is 1. The summed E-state index contributed by atoms with van der Waals surface area (Å²) in [6.07, 6.45) is -0.316. The zero-order chi connectivity index (χ0) is 37.5. The second-order valence-electron chi connectivity index (χ2n) is 14.5. The Morgan fingerprint density at radius 1 is 0.456 bits per heavy atom. The van der Waals surface area contributed by atoms with Crippen LogP contribution in [0.3, 0.4) is 0 Å². The first-order chi connectivity index (χ1) is 28.3. The molecule has 6 heteroatoms. The minimum absolute atomic E-state index is 0.316. The van der Waals surface area contributed by atoms with Crippen molar-refractivity contribution in [3.63, 3.8) is 0 Å². The van der Waals surface area contributed by atoms with E-state index >= 15 is 0 Å². The first-order valence-electron chi connectivity index (χ1n) is 19.2. The molecule has 0 amide bonds. The number of benzene rings is 8. The second-order valence-corrected chi connectivity index (χ2v) is 16.6. The van der Waals surface area contributed by atoms with Gasteiger partial charge in [-0.25, -0.2) is 9.98 Å². The Morgan fingerprint density at radius 2 is 0.982 bits per heavy atom. The Labute approximate surface area is 336 Å². The van der Waals surface area contributed by atoms with Gasteiger partial charge in [-0.2, -0.15) is 0 Å². The third-order valence-corrected chi connectivity index (χ3v) is 13.7. The summed E-state index contributed by atoms with van der Waals surface area (Å²) in [5.74, 6) is 1.55. The highest BCUT2D eigenvalue weighted by Gasteiger charge is 2.25. The zero-order valence-electron chi connectivity index (χ0n) is 30.6. The highest BCUT2D eigenvalue weighted by Crippen LogP contribution is 2.48. The van der Waals surface area contributed by atoms with Gasteiger partial charge in [-0.05, 0) is 30.3 Å². The summed E-state index contributed by atoms with van der Waals surface area (Å²) in [4.78, 5) is 10.3. The summed E-state index contributed by atoms with van der Waals surface area (Å²) in [7, 11) is 0. The predicted octanol–water partition coefficient (Wildman–Crippen LogP) is 13.7. The number of hydrogen-bond donors (Lipinski definition) is 1. The molecular weight excluding hydrogens is 733 g/mol. The van der Waals surface area contributed by atoms with Crippen molar-refractivity contribution in [3.8, 4) is 16.8 Å². The van der Waals surface area contributed by atoms with Gasteiger partial charge in [0.1, 0.15) is 12.0 Å². The van der Waals surface area contributed by atoms with Crippen LogP contribution in [0.4, 0.5) is 0 Å². The van der Waals surface area contributed by atoms with E-state index in [1.165, 1.54) is 79.0 Å². The molecule has 0 fully saturated rings. The van der Waals surface area contributed by atoms with Gasteiger partial charge in [0.15, 0.2) is 5.84 Å². The summed E-state index contributed by atoms with van der Waals surface area (Å²) in [5.41, 5.74) is 9.36. The molecule has 4 nitrogen and oxygen atoms in total. The van der Waals surface area contributed by atoms with E-state index in [1.54, 1.807) is 0 Å². The molecule has 8 aromatic carbocycles. The van der Waals surface area contributed by atoms with Crippen molar-refractivity contribution >= 4 is 96.5 Å². The van der Waals surface area contributed by atoms with E-state index in [0.29, 0.717) is 0 Å². The van der Waals surface area contributed by atoms with Gasteiger partial charge in [-0.3, -0.25) is 0 Å². The van der Waals surface area contributed by atoms with Crippen LogP contribution in [0.2, 0.25) is 0 Å². The maximum atomic E-state index is 5.27. The van der Waals surface area contributed by atoms with Gasteiger partial charge >= 0.3 is 0 Å². The minimum atomic E-state index is -0.316. The lowest BCUT2D eigenvalue weighted by Crippen LogP contribution is -2.33. The van der Waals surface area contributed by atoms with Crippen LogP contribution in [0.5, 0.6) is 0 Å². The smallest absolute Gasteiger partial charge is 0.159 e. The molecule has 1 aliphatic heterocycles. The molecule has 11 aromatic rings. The number of nitrogens with one attached hydrogen (secondary N) is 1. The lowest BCUT2D eigenvalue weighted by atomic mass is 9.98. The second kappa shape index (κ2) is 12.8. The number of fused-ring (bicyclic) bond motifs is 9. The van der Waals surface area contributed by atoms with Crippen LogP contribution < -0.4 is 5.32 Å². The van der Waals surface area contributed by atoms with Crippen LogP contribution in [0, 0.1) is 0 Å². The van der Waals surface area contributed by atoms with E-state index in [9.17, 15) is 0 Å². The molecule has 1 atom stereocenters. The Hall–Kier alpha value is -6.86. The summed E-state index contributed by atoms with van der Waals surface area (Å²) < 4.78 is 7.58. The first-order valence-corrected chi connectivity index (χ1v) is 20.8. The lowest BCUT2D eigenvalue weighted by Gasteiger charge is -2.24. The van der Waals surface area contributed by atoms with Crippen molar-refractivity contribution in [1.29, 1.82) is 0 Å². The van der Waals surface area contributed by atoms with E-state index in [0.717, 1.165) is 28.4 Å². The van der Waals surface area contributed by atoms with E-state index in [-0.39, 0.29) is 6.17 Å². The maximum Gasteiger partial charge on any atom is 0.159 e. The van der Waals surface area contributed by atoms with E-state index in [2.05, 4.69) is 168 Å². The molecule has 57 heavy (non-hydrogen) atoms. The van der Waals surface area contributed by atoms with Crippen molar-refractivity contribution in [2.24, 2.45) is 9.98 Å². The number of thiophene rings is 2. The number of para-hydroxylation sites is 2. The topological polar surface area (TPSA) is 41.7 Å². The number of nitrogens with zero attached hydrogens (tertiary/aromatic N) is 3. The van der Waals surface area contributed by atoms with Crippen molar-refractivity contribution < 1.29 is 0 Å². The standard InChI is InChI=1S/C51H32N4S2/c1-3-15-31(16-4-1)49-52-50(32-17-5-2-6-18-32)54-51(53-49)39-25-13-29-43-45(39)37-23-11-21-35(47(37)56-43)36-22-12-24-38-46-42(28-14-30-44(46)57-48(36)38)55-40-26-9-7-19-33(40)34-20-8-10-27-41(34)55/h1-30,51H,(H,52,53,54). The fourth-order valence-corrected chi connectivity index (χ4v) is 11.3. The van der Waals surface area contributed by atoms with Crippen molar-refractivity contribution in [2.45, 2.75) is 6.17 Å². The third kappa shape index (κ3) is 5.04. The highest BCUT2D eigenvalue weighted by atomic mass is 32.1. The number of aliphatic imine (C=N–C) groups is 2. The monoisotopic (exact) mass is 764 g/mol. The Morgan fingerprint density at radius 3 is 1.65 bits per heavy atom. The fourth-order valence-electron chi connectivity index (χ4n) is 8.79. The summed E-state index contributed by atoms with van der Waals surface area (Å²) in [6, 6.07) is 65.3. The molecule has 1 aliphatic rings. The molecule has 1 N–H and O–H groups in total. The largest absolute Gasteiger partial charge is 0.344 e. The van der Waals surface area contributed by atoms with Gasteiger partial charge in [0.25, 0.3) is 0 Å². The van der Waals surface area contributed by atoms with Crippen LogP contribution >= 0.6 is 22.7 Å². The number of amidine groups is 2. The Bertz CT molecular complexity index is 3390. The van der Waals surface area contributed by atoms with Crippen molar-refractivity contribution in [2.75, 3.05) is 0 Å². The predicted molar refractivity (Wildman–Crippen MR) is 244 cm³/mol. The van der Waals surface area contributed by atoms with Gasteiger partial charge in [0.2, 0.25) is 0 Å². The van der Waals surface area contributed by atoms with Gasteiger partial charge < -0.3 is 9.88 Å². The lowest BCUT2D eigenvalue weighted by molar-refractivity contribution is 0.680. The van der Waals surface area contributed by atoms with Gasteiger partial charge in [0, 0.05) is 78.9 Å². The Kier molecular flexibility index (Phi) is 7.30. The van der Waals surface area contributed by atoms with Crippen LogP contribution in [-0.4, -0.2) is 16.2 Å². The number of hydrogen-bond acceptors (Lipinski definition) is 5. The third-order valence-electron chi connectivity index (χ3n) is 11.3. The average molecular weight is 765 g/mol. The van der Waals surface area contributed by atoms with Crippen LogP contribution in [-0.2, 0) is 0 Å². The average Bonchev–Trinajstić information content (AvgIpc) is 3.97. The van der Waals surface area contributed by atoms with Gasteiger partial charge in [-0.15, -0.1) is 22.7 Å². The molecule has 0 saturated heterocycles. The van der Waals surface area contributed by atoms with Crippen molar-refractivity contribution in [1.82, 2.24) is 9.88 Å². The highest BCUT2D eigenvalue weighted by molar-refractivity contribution is 7.27. The molecule has 0 aliphatic carbocycles. The SMILES string of the molecule is c1ccc(C2=NC(c3cccc4sc5c(-c6cccc7c6sc6cccc(-n8c9ccccc9c9ccccc98)c67)cccc5c34)NC(c3ccccc3)=N2)cc1. The maximum absolute atomic E-state index is 5.27. The molecule has 0 saturated carbocycles.